The van der Waals surface area contributed by atoms with E-state index in [0.717, 1.165) is 11.6 Å². The van der Waals surface area contributed by atoms with Gasteiger partial charge < -0.3 is 9.84 Å². The zero-order valence-electron chi connectivity index (χ0n) is 7.81. The zero-order chi connectivity index (χ0) is 10.8. The van der Waals surface area contributed by atoms with Gasteiger partial charge in [0.15, 0.2) is 0 Å². The van der Waals surface area contributed by atoms with Crippen LogP contribution in [-0.2, 0) is 9.53 Å². The van der Waals surface area contributed by atoms with Crippen LogP contribution in [0.4, 0.5) is 0 Å². The molecule has 1 N–H and O–H groups in total. The molecule has 0 amide bonds. The van der Waals surface area contributed by atoms with Gasteiger partial charge in [-0.3, -0.25) is 0 Å². The van der Waals surface area contributed by atoms with Crippen molar-refractivity contribution in [3.63, 3.8) is 0 Å². The fraction of sp³-hybridized carbons (Fsp3) is 0.182. The maximum Gasteiger partial charge on any atom is 0.334 e. The maximum atomic E-state index is 11.1. The monoisotopic (exact) mass is 224 g/mol. The number of hydrogen-bond acceptors (Lipinski definition) is 3. The van der Waals surface area contributed by atoms with Crippen LogP contribution in [0.3, 0.4) is 0 Å². The second-order valence-electron chi connectivity index (χ2n) is 3.32. The van der Waals surface area contributed by atoms with Crippen LogP contribution in [0, 0.1) is 0 Å². The van der Waals surface area contributed by atoms with Gasteiger partial charge in [-0.2, -0.15) is 0 Å². The minimum absolute atomic E-state index is 0.0382. The molecule has 4 heteroatoms. The summed E-state index contributed by atoms with van der Waals surface area (Å²) in [5.41, 5.74) is 0.788. The summed E-state index contributed by atoms with van der Waals surface area (Å²) >= 11 is 5.82. The van der Waals surface area contributed by atoms with Crippen molar-refractivity contribution >= 4 is 17.6 Å². The molecule has 1 unspecified atom stereocenters. The van der Waals surface area contributed by atoms with Crippen molar-refractivity contribution in [3.05, 3.63) is 46.7 Å². The maximum absolute atomic E-state index is 11.1. The molecule has 78 valence electrons. The number of halogens is 1. The summed E-state index contributed by atoms with van der Waals surface area (Å²) in [6.45, 7) is 0. The molecule has 0 saturated heterocycles. The van der Waals surface area contributed by atoms with Crippen molar-refractivity contribution < 1.29 is 14.6 Å². The highest BCUT2D eigenvalue weighted by atomic mass is 35.5. The van der Waals surface area contributed by atoms with Crippen LogP contribution in [0.25, 0.3) is 0 Å². The van der Waals surface area contributed by atoms with E-state index >= 15 is 0 Å². The van der Waals surface area contributed by atoms with Gasteiger partial charge in [-0.1, -0.05) is 23.7 Å². The minimum Gasteiger partial charge on any atom is -0.512 e. The van der Waals surface area contributed by atoms with Crippen molar-refractivity contribution in [3.8, 4) is 0 Å². The van der Waals surface area contributed by atoms with Crippen LogP contribution in [-0.4, -0.2) is 11.1 Å². The number of ether oxygens (including phenoxy) is 1. The largest absolute Gasteiger partial charge is 0.512 e. The third-order valence-electron chi connectivity index (χ3n) is 2.16. The Labute approximate surface area is 91.9 Å². The van der Waals surface area contributed by atoms with E-state index in [-0.39, 0.29) is 5.76 Å². The van der Waals surface area contributed by atoms with Gasteiger partial charge in [-0.25, -0.2) is 4.79 Å². The molecule has 1 atom stereocenters. The van der Waals surface area contributed by atoms with Crippen LogP contribution < -0.4 is 0 Å². The predicted molar refractivity (Wildman–Crippen MR) is 55.6 cm³/mol. The van der Waals surface area contributed by atoms with E-state index in [9.17, 15) is 9.90 Å². The predicted octanol–water partition coefficient (Wildman–Crippen LogP) is 2.77. The quantitative estimate of drug-likeness (QED) is 0.747. The molecule has 1 aliphatic rings. The second kappa shape index (κ2) is 3.95. The molecule has 1 aliphatic heterocycles. The number of benzene rings is 1. The number of aliphatic hydroxyl groups excluding tert-OH is 1. The van der Waals surface area contributed by atoms with Crippen LogP contribution in [0.2, 0.25) is 5.02 Å². The van der Waals surface area contributed by atoms with E-state index in [2.05, 4.69) is 0 Å². The molecule has 0 spiro atoms. The standard InChI is InChI=1S/C11H9ClO3/c12-8-3-1-2-7(4-8)10-5-9(13)6-11(14)15-10/h1-4,6,10,13H,5H2. The number of carbonyl (C=O) groups is 1. The van der Waals surface area contributed by atoms with E-state index in [1.165, 1.54) is 0 Å². The number of hydrogen-bond donors (Lipinski definition) is 1. The lowest BCUT2D eigenvalue weighted by Gasteiger charge is -2.20. The first-order valence-corrected chi connectivity index (χ1v) is 4.88. The van der Waals surface area contributed by atoms with Gasteiger partial charge in [0.1, 0.15) is 11.9 Å². The number of carbonyl (C=O) groups excluding carboxylic acids is 1. The van der Waals surface area contributed by atoms with E-state index in [1.54, 1.807) is 18.2 Å². The highest BCUT2D eigenvalue weighted by molar-refractivity contribution is 6.30. The van der Waals surface area contributed by atoms with Gasteiger partial charge in [-0.15, -0.1) is 0 Å². The van der Waals surface area contributed by atoms with E-state index in [4.69, 9.17) is 16.3 Å². The molecule has 15 heavy (non-hydrogen) atoms. The van der Waals surface area contributed by atoms with Crippen LogP contribution in [0.1, 0.15) is 18.1 Å². The Balaban J connectivity index is 2.26. The lowest BCUT2D eigenvalue weighted by molar-refractivity contribution is -0.145. The highest BCUT2D eigenvalue weighted by Gasteiger charge is 2.22. The minimum atomic E-state index is -0.524. The average molecular weight is 225 g/mol. The summed E-state index contributed by atoms with van der Waals surface area (Å²) in [5, 5.41) is 9.89. The molecule has 0 aromatic heterocycles. The normalized spacial score (nSPS) is 20.7. The first kappa shape index (κ1) is 10.1. The summed E-state index contributed by atoms with van der Waals surface area (Å²) < 4.78 is 5.06. The Kier molecular flexibility index (Phi) is 2.64. The molecular formula is C11H9ClO3. The lowest BCUT2D eigenvalue weighted by Crippen LogP contribution is -2.15. The third-order valence-corrected chi connectivity index (χ3v) is 2.39. The SMILES string of the molecule is O=C1C=C(O)CC(c2cccc(Cl)c2)O1. The number of aliphatic hydroxyl groups is 1. The molecule has 3 nitrogen and oxygen atoms in total. The van der Waals surface area contributed by atoms with Crippen molar-refractivity contribution in [2.24, 2.45) is 0 Å². The molecule has 1 heterocycles. The summed E-state index contributed by atoms with van der Waals surface area (Å²) in [5.74, 6) is -0.486. The summed E-state index contributed by atoms with van der Waals surface area (Å²) in [6.07, 6.45) is 0.939. The van der Waals surface area contributed by atoms with Crippen LogP contribution >= 0.6 is 11.6 Å². The van der Waals surface area contributed by atoms with Gasteiger partial charge in [0, 0.05) is 11.4 Å². The Morgan fingerprint density at radius 3 is 2.93 bits per heavy atom. The first-order valence-electron chi connectivity index (χ1n) is 4.51. The number of esters is 1. The van der Waals surface area contributed by atoms with E-state index in [1.807, 2.05) is 6.07 Å². The first-order chi connectivity index (χ1) is 7.15. The highest BCUT2D eigenvalue weighted by Crippen LogP contribution is 2.29. The van der Waals surface area contributed by atoms with Gasteiger partial charge in [0.2, 0.25) is 0 Å². The van der Waals surface area contributed by atoms with E-state index < -0.39 is 12.1 Å². The van der Waals surface area contributed by atoms with Gasteiger partial charge in [0.05, 0.1) is 6.08 Å². The Hall–Kier alpha value is -1.48. The molecule has 0 aliphatic carbocycles. The molecular weight excluding hydrogens is 216 g/mol. The van der Waals surface area contributed by atoms with Crippen molar-refractivity contribution in [1.29, 1.82) is 0 Å². The van der Waals surface area contributed by atoms with Gasteiger partial charge >= 0.3 is 5.97 Å². The molecule has 0 fully saturated rings. The van der Waals surface area contributed by atoms with Gasteiger partial charge in [0.25, 0.3) is 0 Å². The van der Waals surface area contributed by atoms with Crippen molar-refractivity contribution in [2.75, 3.05) is 0 Å². The van der Waals surface area contributed by atoms with Crippen LogP contribution in [0.5, 0.6) is 0 Å². The van der Waals surface area contributed by atoms with Gasteiger partial charge in [-0.05, 0) is 17.7 Å². The average Bonchev–Trinajstić information content (AvgIpc) is 2.16. The Bertz CT molecular complexity index is 426. The molecule has 0 saturated carbocycles. The zero-order valence-corrected chi connectivity index (χ0v) is 8.57. The molecule has 0 radical (unpaired) electrons. The lowest BCUT2D eigenvalue weighted by atomic mass is 10.0. The second-order valence-corrected chi connectivity index (χ2v) is 3.76. The summed E-state index contributed by atoms with van der Waals surface area (Å²) in [4.78, 5) is 11.1. The van der Waals surface area contributed by atoms with Crippen LogP contribution in [0.15, 0.2) is 36.1 Å². The van der Waals surface area contributed by atoms with Crippen molar-refractivity contribution in [1.82, 2.24) is 0 Å². The number of rotatable bonds is 1. The topological polar surface area (TPSA) is 46.5 Å². The van der Waals surface area contributed by atoms with Crippen molar-refractivity contribution in [2.45, 2.75) is 12.5 Å². The Morgan fingerprint density at radius 2 is 2.27 bits per heavy atom. The summed E-state index contributed by atoms with van der Waals surface area (Å²) in [7, 11) is 0. The third kappa shape index (κ3) is 2.30. The smallest absolute Gasteiger partial charge is 0.334 e. The van der Waals surface area contributed by atoms with E-state index in [0.29, 0.717) is 11.4 Å². The molecule has 1 aromatic carbocycles. The molecule has 2 rings (SSSR count). The number of cyclic esters (lactones) is 1. The fourth-order valence-electron chi connectivity index (χ4n) is 1.49. The summed E-state index contributed by atoms with van der Waals surface area (Å²) in [6, 6.07) is 7.05. The molecule has 0 bridgehead atoms. The molecule has 1 aromatic rings. The Morgan fingerprint density at radius 1 is 1.47 bits per heavy atom. The fourth-order valence-corrected chi connectivity index (χ4v) is 1.69.